The Morgan fingerprint density at radius 3 is 2.46 bits per heavy atom. The highest BCUT2D eigenvalue weighted by atomic mass is 16.3. The minimum atomic E-state index is -0.135. The van der Waals surface area contributed by atoms with Gasteiger partial charge in [0, 0.05) is 12.7 Å². The molecule has 1 aromatic heterocycles. The van der Waals surface area contributed by atoms with Crippen molar-refractivity contribution in [2.24, 2.45) is 0 Å². The van der Waals surface area contributed by atoms with E-state index < -0.39 is 0 Å². The first kappa shape index (κ1) is 16.0. The van der Waals surface area contributed by atoms with E-state index in [0.717, 1.165) is 23.2 Å². The molecule has 1 heterocycles. The second kappa shape index (κ2) is 7.57. The van der Waals surface area contributed by atoms with Gasteiger partial charge in [0.1, 0.15) is 0 Å². The molecule has 24 heavy (non-hydrogen) atoms. The number of para-hydroxylation sites is 1. The summed E-state index contributed by atoms with van der Waals surface area (Å²) < 4.78 is 1.68. The molecule has 0 saturated carbocycles. The molecule has 0 aliphatic heterocycles. The largest absolute Gasteiger partial charge is 0.392 e. The number of aliphatic hydroxyl groups is 1. The fourth-order valence-corrected chi connectivity index (χ4v) is 2.40. The third-order valence-electron chi connectivity index (χ3n) is 3.77. The molecule has 2 N–H and O–H groups in total. The molecular weight excluding hydrogens is 302 g/mol. The minimum absolute atomic E-state index is 0.0441. The lowest BCUT2D eigenvalue weighted by molar-refractivity contribution is 0.0954. The number of aliphatic hydroxyl groups excluding tert-OH is 1. The quantitative estimate of drug-likeness (QED) is 0.732. The molecular formula is C19H19N3O2. The number of carbonyl (C=O) groups excluding carboxylic acids is 1. The van der Waals surface area contributed by atoms with Crippen LogP contribution in [0.3, 0.4) is 0 Å². The second-order valence-corrected chi connectivity index (χ2v) is 5.49. The van der Waals surface area contributed by atoms with E-state index in [9.17, 15) is 4.79 Å². The highest BCUT2D eigenvalue weighted by Crippen LogP contribution is 2.08. The molecule has 1 amide bonds. The van der Waals surface area contributed by atoms with Crippen LogP contribution >= 0.6 is 0 Å². The van der Waals surface area contributed by atoms with Crippen molar-refractivity contribution in [2.45, 2.75) is 13.0 Å². The summed E-state index contributed by atoms with van der Waals surface area (Å²) in [5.74, 6) is -0.135. The first-order valence-corrected chi connectivity index (χ1v) is 7.83. The van der Waals surface area contributed by atoms with Crippen molar-refractivity contribution >= 4 is 5.91 Å². The standard InChI is InChI=1S/C19H19N3O2/c23-14-16-8-6-15(7-9-16)10-11-20-19(24)17-12-21-22(13-17)18-4-2-1-3-5-18/h1-9,12-13,23H,10-11,14H2,(H,20,24). The molecule has 0 unspecified atom stereocenters. The molecule has 3 aromatic rings. The molecule has 2 aromatic carbocycles. The van der Waals surface area contributed by atoms with Crippen LogP contribution in [0.2, 0.25) is 0 Å². The summed E-state index contributed by atoms with van der Waals surface area (Å²) in [4.78, 5) is 12.2. The topological polar surface area (TPSA) is 67.2 Å². The third kappa shape index (κ3) is 3.88. The number of rotatable bonds is 6. The maximum atomic E-state index is 12.2. The van der Waals surface area contributed by atoms with Gasteiger partial charge in [-0.2, -0.15) is 5.10 Å². The van der Waals surface area contributed by atoms with Crippen molar-refractivity contribution in [1.29, 1.82) is 0 Å². The molecule has 0 fully saturated rings. The lowest BCUT2D eigenvalue weighted by atomic mass is 10.1. The monoisotopic (exact) mass is 321 g/mol. The summed E-state index contributed by atoms with van der Waals surface area (Å²) >= 11 is 0. The van der Waals surface area contributed by atoms with Gasteiger partial charge in [-0.1, -0.05) is 42.5 Å². The van der Waals surface area contributed by atoms with E-state index in [2.05, 4.69) is 10.4 Å². The van der Waals surface area contributed by atoms with Crippen LogP contribution in [0, 0.1) is 0 Å². The molecule has 122 valence electrons. The van der Waals surface area contributed by atoms with E-state index in [1.165, 1.54) is 0 Å². The van der Waals surface area contributed by atoms with Gasteiger partial charge in [0.25, 0.3) is 5.91 Å². The molecule has 0 saturated heterocycles. The maximum absolute atomic E-state index is 12.2. The number of hydrogen-bond acceptors (Lipinski definition) is 3. The van der Waals surface area contributed by atoms with Gasteiger partial charge >= 0.3 is 0 Å². The summed E-state index contributed by atoms with van der Waals surface area (Å²) in [7, 11) is 0. The maximum Gasteiger partial charge on any atom is 0.254 e. The van der Waals surface area contributed by atoms with E-state index in [1.54, 1.807) is 17.1 Å². The zero-order chi connectivity index (χ0) is 16.8. The molecule has 0 spiro atoms. The van der Waals surface area contributed by atoms with Gasteiger partial charge < -0.3 is 10.4 Å². The van der Waals surface area contributed by atoms with Crippen LogP contribution in [0.15, 0.2) is 67.0 Å². The van der Waals surface area contributed by atoms with Gasteiger partial charge in [-0.3, -0.25) is 4.79 Å². The van der Waals surface area contributed by atoms with Crippen molar-refractivity contribution in [2.75, 3.05) is 6.54 Å². The molecule has 5 nitrogen and oxygen atoms in total. The Kier molecular flexibility index (Phi) is 5.03. The number of amides is 1. The van der Waals surface area contributed by atoms with Gasteiger partial charge in [0.15, 0.2) is 0 Å². The number of benzene rings is 2. The van der Waals surface area contributed by atoms with Crippen molar-refractivity contribution in [1.82, 2.24) is 15.1 Å². The van der Waals surface area contributed by atoms with Crippen molar-refractivity contribution < 1.29 is 9.90 Å². The van der Waals surface area contributed by atoms with Crippen LogP contribution in [0.25, 0.3) is 5.69 Å². The van der Waals surface area contributed by atoms with E-state index in [1.807, 2.05) is 54.6 Å². The summed E-state index contributed by atoms with van der Waals surface area (Å²) in [5.41, 5.74) is 3.46. The van der Waals surface area contributed by atoms with E-state index in [0.29, 0.717) is 12.1 Å². The Morgan fingerprint density at radius 2 is 1.75 bits per heavy atom. The van der Waals surface area contributed by atoms with E-state index >= 15 is 0 Å². The van der Waals surface area contributed by atoms with Crippen LogP contribution in [0.4, 0.5) is 0 Å². The molecule has 0 aliphatic rings. The van der Waals surface area contributed by atoms with Crippen LogP contribution in [-0.2, 0) is 13.0 Å². The number of nitrogens with one attached hydrogen (secondary N) is 1. The van der Waals surface area contributed by atoms with Crippen molar-refractivity contribution in [3.63, 3.8) is 0 Å². The fraction of sp³-hybridized carbons (Fsp3) is 0.158. The van der Waals surface area contributed by atoms with Crippen LogP contribution in [-0.4, -0.2) is 27.3 Å². The third-order valence-corrected chi connectivity index (χ3v) is 3.77. The predicted octanol–water partition coefficient (Wildman–Crippen LogP) is 2.34. The highest BCUT2D eigenvalue weighted by molar-refractivity contribution is 5.93. The Bertz CT molecular complexity index is 795. The Hall–Kier alpha value is -2.92. The van der Waals surface area contributed by atoms with Crippen molar-refractivity contribution in [3.05, 3.63) is 83.7 Å². The zero-order valence-electron chi connectivity index (χ0n) is 13.2. The van der Waals surface area contributed by atoms with Gasteiger partial charge in [-0.05, 0) is 29.7 Å². The molecule has 5 heteroatoms. The van der Waals surface area contributed by atoms with Crippen LogP contribution in [0.5, 0.6) is 0 Å². The number of hydrogen-bond donors (Lipinski definition) is 2. The molecule has 0 aliphatic carbocycles. The molecule has 3 rings (SSSR count). The van der Waals surface area contributed by atoms with Gasteiger partial charge in [-0.25, -0.2) is 4.68 Å². The van der Waals surface area contributed by atoms with Crippen molar-refractivity contribution in [3.8, 4) is 5.69 Å². The Morgan fingerprint density at radius 1 is 1.04 bits per heavy atom. The zero-order valence-corrected chi connectivity index (χ0v) is 13.2. The molecule has 0 bridgehead atoms. The number of carbonyl (C=O) groups is 1. The summed E-state index contributed by atoms with van der Waals surface area (Å²) in [6.45, 7) is 0.593. The van der Waals surface area contributed by atoms with E-state index in [4.69, 9.17) is 5.11 Å². The van der Waals surface area contributed by atoms with Gasteiger partial charge in [0.05, 0.1) is 24.1 Å². The smallest absolute Gasteiger partial charge is 0.254 e. The van der Waals surface area contributed by atoms with Gasteiger partial charge in [-0.15, -0.1) is 0 Å². The molecule has 0 atom stereocenters. The summed E-state index contributed by atoms with van der Waals surface area (Å²) in [6.07, 6.45) is 4.03. The molecule has 0 radical (unpaired) electrons. The van der Waals surface area contributed by atoms with Crippen LogP contribution < -0.4 is 5.32 Å². The average molecular weight is 321 g/mol. The first-order chi connectivity index (χ1) is 11.8. The minimum Gasteiger partial charge on any atom is -0.392 e. The Labute approximate surface area is 140 Å². The van der Waals surface area contributed by atoms with Crippen LogP contribution in [0.1, 0.15) is 21.5 Å². The Balaban J connectivity index is 1.54. The number of nitrogens with zero attached hydrogens (tertiary/aromatic N) is 2. The summed E-state index contributed by atoms with van der Waals surface area (Å²) in [6, 6.07) is 17.4. The normalized spacial score (nSPS) is 10.5. The average Bonchev–Trinajstić information content (AvgIpc) is 3.13. The first-order valence-electron chi connectivity index (χ1n) is 7.83. The van der Waals surface area contributed by atoms with Gasteiger partial charge in [0.2, 0.25) is 0 Å². The predicted molar refractivity (Wildman–Crippen MR) is 92.0 cm³/mol. The highest BCUT2D eigenvalue weighted by Gasteiger charge is 2.08. The summed E-state index contributed by atoms with van der Waals surface area (Å²) in [5, 5.41) is 16.1. The van der Waals surface area contributed by atoms with E-state index in [-0.39, 0.29) is 12.5 Å². The number of aromatic nitrogens is 2. The second-order valence-electron chi connectivity index (χ2n) is 5.49. The lowest BCUT2D eigenvalue weighted by Crippen LogP contribution is -2.25. The lowest BCUT2D eigenvalue weighted by Gasteiger charge is -2.05. The fourth-order valence-electron chi connectivity index (χ4n) is 2.40. The SMILES string of the molecule is O=C(NCCc1ccc(CO)cc1)c1cnn(-c2ccccc2)c1.